The molecule has 0 amide bonds. The second kappa shape index (κ2) is 8.45. The Morgan fingerprint density at radius 1 is 1.12 bits per heavy atom. The molecule has 1 unspecified atom stereocenters. The molecule has 0 fully saturated rings. The number of hydrogen-bond donors (Lipinski definition) is 0. The van der Waals surface area contributed by atoms with E-state index in [4.69, 9.17) is 0 Å². The largest absolute Gasteiger partial charge is 4.00 e. The Morgan fingerprint density at radius 2 is 1.76 bits per heavy atom. The van der Waals surface area contributed by atoms with Crippen molar-refractivity contribution in [1.29, 1.82) is 0 Å². The van der Waals surface area contributed by atoms with Crippen LogP contribution in [0, 0.1) is 6.08 Å². The maximum absolute atomic E-state index is 3.54. The van der Waals surface area contributed by atoms with Gasteiger partial charge in [-0.25, -0.2) is 0 Å². The number of benzene rings is 1. The predicted molar refractivity (Wildman–Crippen MR) is 60.6 cm³/mol. The summed E-state index contributed by atoms with van der Waals surface area (Å²) in [7, 11) is 0. The van der Waals surface area contributed by atoms with E-state index in [0.717, 1.165) is 0 Å². The third kappa shape index (κ3) is 3.87. The van der Waals surface area contributed by atoms with Crippen LogP contribution in [-0.4, -0.2) is 4.16 Å². The number of hydrogen-bond acceptors (Lipinski definition) is 1. The third-order valence-electron chi connectivity index (χ3n) is 2.24. The number of rotatable bonds is 0. The molecule has 2 aliphatic rings. The normalized spacial score (nSPS) is 18.1. The summed E-state index contributed by atoms with van der Waals surface area (Å²) < 4.78 is 0.335. The number of thioether (sulfide) groups is 1. The molecule has 88 valence electrons. The first kappa shape index (κ1) is 20.6. The van der Waals surface area contributed by atoms with Crippen LogP contribution in [0.25, 0.3) is 11.0 Å². The fraction of sp³-hybridized carbons (Fsp3) is 0.0909. The Morgan fingerprint density at radius 3 is 2.47 bits per heavy atom. The van der Waals surface area contributed by atoms with Gasteiger partial charge in [-0.3, -0.25) is 0 Å². The van der Waals surface area contributed by atoms with Crippen molar-refractivity contribution < 1.29 is 63.4 Å². The van der Waals surface area contributed by atoms with E-state index in [1.807, 2.05) is 11.8 Å². The molecule has 6 heteroatoms. The van der Waals surface area contributed by atoms with Crippen LogP contribution in [-0.2, 0) is 26.2 Å². The summed E-state index contributed by atoms with van der Waals surface area (Å²) in [6, 6.07) is 8.49. The van der Waals surface area contributed by atoms with Crippen LogP contribution in [0.4, 0.5) is 0 Å². The van der Waals surface area contributed by atoms with Gasteiger partial charge >= 0.3 is 26.2 Å². The molecule has 1 aliphatic heterocycles. The number of alkyl halides is 1. The summed E-state index contributed by atoms with van der Waals surface area (Å²) >= 11 is 5.37. The fourth-order valence-electron chi connectivity index (χ4n) is 1.69. The summed E-state index contributed by atoms with van der Waals surface area (Å²) in [5.74, 6) is 0. The predicted octanol–water partition coefficient (Wildman–Crippen LogP) is -7.20. The van der Waals surface area contributed by atoms with Gasteiger partial charge in [0.25, 0.3) is 0 Å². The molecule has 1 heterocycles. The van der Waals surface area contributed by atoms with Gasteiger partial charge in [-0.15, -0.1) is 0 Å². The van der Waals surface area contributed by atoms with Crippen LogP contribution in [0.15, 0.2) is 29.8 Å². The van der Waals surface area contributed by atoms with Gasteiger partial charge < -0.3 is 37.2 Å². The smallest absolute Gasteiger partial charge is 1.00 e. The van der Waals surface area contributed by atoms with Gasteiger partial charge in [0.2, 0.25) is 0 Å². The van der Waals surface area contributed by atoms with Crippen molar-refractivity contribution in [2.24, 2.45) is 0 Å². The van der Waals surface area contributed by atoms with E-state index in [0.29, 0.717) is 4.16 Å². The second-order valence-corrected chi connectivity index (χ2v) is 5.69. The van der Waals surface area contributed by atoms with E-state index in [1.54, 1.807) is 0 Å². The zero-order valence-electron chi connectivity index (χ0n) is 8.38. The van der Waals surface area contributed by atoms with E-state index in [2.05, 4.69) is 52.3 Å². The SMILES string of the molecule is BrC1[C-]=C2C=c3ccccc3=C2S1.[Cl-].[Cl-].[Cl-].[Zr+4]. The molecule has 0 saturated heterocycles. The maximum atomic E-state index is 3.54. The first-order chi connectivity index (χ1) is 6.34. The van der Waals surface area contributed by atoms with Crippen molar-refractivity contribution in [2.75, 3.05) is 0 Å². The van der Waals surface area contributed by atoms with Crippen molar-refractivity contribution in [3.8, 4) is 0 Å². The summed E-state index contributed by atoms with van der Waals surface area (Å²) in [5, 5.41) is 2.68. The fourth-order valence-corrected chi connectivity index (χ4v) is 3.44. The Kier molecular flexibility index (Phi) is 10.2. The van der Waals surface area contributed by atoms with Crippen molar-refractivity contribution in [3.63, 3.8) is 0 Å². The topological polar surface area (TPSA) is 0 Å². The molecule has 0 bridgehead atoms. The average Bonchev–Trinajstić information content (AvgIpc) is 2.60. The Hall–Kier alpha value is 1.28. The van der Waals surface area contributed by atoms with Crippen LogP contribution in [0.3, 0.4) is 0 Å². The average molecular weight is 448 g/mol. The van der Waals surface area contributed by atoms with Gasteiger partial charge in [-0.2, -0.15) is 29.5 Å². The third-order valence-corrected chi connectivity index (χ3v) is 4.03. The Bertz CT molecular complexity index is 530. The van der Waals surface area contributed by atoms with Crippen LogP contribution in [0.5, 0.6) is 0 Å². The van der Waals surface area contributed by atoms with Gasteiger partial charge in [-0.1, -0.05) is 55.5 Å². The molecule has 1 atom stereocenters. The van der Waals surface area contributed by atoms with Crippen LogP contribution in [0.2, 0.25) is 0 Å². The monoisotopic (exact) mass is 444 g/mol. The first-order valence-corrected chi connectivity index (χ1v) is 5.90. The van der Waals surface area contributed by atoms with Crippen LogP contribution >= 0.6 is 27.7 Å². The summed E-state index contributed by atoms with van der Waals surface area (Å²) in [6.07, 6.45) is 5.57. The summed E-state index contributed by atoms with van der Waals surface area (Å²) in [4.78, 5) is 1.37. The van der Waals surface area contributed by atoms with E-state index >= 15 is 0 Å². The van der Waals surface area contributed by atoms with Crippen molar-refractivity contribution >= 4 is 38.7 Å². The van der Waals surface area contributed by atoms with E-state index < -0.39 is 0 Å². The first-order valence-electron chi connectivity index (χ1n) is 4.10. The molecule has 0 nitrogen and oxygen atoms in total. The standard InChI is InChI=1S/C11H6BrS.3ClH.Zr/c12-10-6-8-5-7-3-1-2-4-9(7)11(8)13-10;;;;/h1-5,10H;3*1H;/q-1;;;;+4/p-3. The zero-order valence-corrected chi connectivity index (χ0v) is 15.5. The van der Waals surface area contributed by atoms with Gasteiger partial charge in [0.05, 0.1) is 0 Å². The van der Waals surface area contributed by atoms with Crippen molar-refractivity contribution in [2.45, 2.75) is 4.16 Å². The molecular weight excluding hydrogens is 442 g/mol. The Balaban J connectivity index is 0. The molecule has 0 aromatic heterocycles. The Labute approximate surface area is 151 Å². The van der Waals surface area contributed by atoms with Crippen molar-refractivity contribution in [3.05, 3.63) is 46.4 Å². The molecule has 1 aromatic carbocycles. The molecule has 3 rings (SSSR count). The maximum Gasteiger partial charge on any atom is 4.00 e. The second-order valence-electron chi connectivity index (χ2n) is 3.05. The minimum absolute atomic E-state index is 0. The van der Waals surface area contributed by atoms with E-state index in [-0.39, 0.29) is 63.4 Å². The summed E-state index contributed by atoms with van der Waals surface area (Å²) in [5.41, 5.74) is 1.26. The van der Waals surface area contributed by atoms with Gasteiger partial charge in [0.15, 0.2) is 0 Å². The van der Waals surface area contributed by atoms with Gasteiger partial charge in [0, 0.05) is 4.16 Å². The minimum Gasteiger partial charge on any atom is -1.00 e. The zero-order chi connectivity index (χ0) is 8.84. The van der Waals surface area contributed by atoms with Crippen molar-refractivity contribution in [1.82, 2.24) is 0 Å². The van der Waals surface area contributed by atoms with Gasteiger partial charge in [-0.05, 0) is 0 Å². The minimum atomic E-state index is 0. The number of fused-ring (bicyclic) bond motifs is 2. The van der Waals surface area contributed by atoms with E-state index in [9.17, 15) is 0 Å². The van der Waals surface area contributed by atoms with Crippen LogP contribution < -0.4 is 47.7 Å². The molecule has 17 heavy (non-hydrogen) atoms. The molecule has 0 N–H and O–H groups in total. The van der Waals surface area contributed by atoms with Gasteiger partial charge in [0.1, 0.15) is 0 Å². The quantitative estimate of drug-likeness (QED) is 0.281. The molecule has 1 aliphatic carbocycles. The summed E-state index contributed by atoms with van der Waals surface area (Å²) in [6.45, 7) is 0. The molecular formula is C11H6BrCl3SZr. The van der Waals surface area contributed by atoms with Crippen LogP contribution in [0.1, 0.15) is 0 Å². The van der Waals surface area contributed by atoms with E-state index in [1.165, 1.54) is 20.9 Å². The molecule has 0 radical (unpaired) electrons. The molecule has 0 saturated carbocycles. The molecule has 1 aromatic rings. The molecule has 0 spiro atoms. The number of halogens is 4.